The molecule has 5 heteroatoms. The average Bonchev–Trinajstić information content (AvgIpc) is 2.64. The molecule has 1 saturated heterocycles. The fourth-order valence-electron chi connectivity index (χ4n) is 3.01. The number of halogens is 1. The fraction of sp³-hybridized carbons (Fsp3) is 0.350. The van der Waals surface area contributed by atoms with Crippen LogP contribution in [0.25, 0.3) is 0 Å². The molecule has 25 heavy (non-hydrogen) atoms. The first kappa shape index (κ1) is 17.4. The molecule has 1 aliphatic rings. The van der Waals surface area contributed by atoms with E-state index >= 15 is 0 Å². The van der Waals surface area contributed by atoms with Crippen LogP contribution >= 0.6 is 0 Å². The lowest BCUT2D eigenvalue weighted by atomic mass is 10.1. The van der Waals surface area contributed by atoms with Crippen LogP contribution in [0.1, 0.15) is 36.0 Å². The highest BCUT2D eigenvalue weighted by atomic mass is 19.1. The molecule has 0 unspecified atom stereocenters. The van der Waals surface area contributed by atoms with Gasteiger partial charge < -0.3 is 10.6 Å². The summed E-state index contributed by atoms with van der Waals surface area (Å²) in [4.78, 5) is 7.77. The Morgan fingerprint density at radius 2 is 1.80 bits per heavy atom. The molecule has 0 bridgehead atoms. The minimum absolute atomic E-state index is 0.258. The summed E-state index contributed by atoms with van der Waals surface area (Å²) in [5.41, 5.74) is 8.97. The maximum atomic E-state index is 12.9. The number of nitrogens with two attached hydrogens (primary N) is 1. The molecule has 0 spiro atoms. The zero-order chi connectivity index (χ0) is 17.5. The summed E-state index contributed by atoms with van der Waals surface area (Å²) < 4.78 is 12.9. The molecular weight excluding hydrogens is 317 g/mol. The first-order valence-electron chi connectivity index (χ1n) is 8.72. The number of hydrogen-bond acceptors (Lipinski definition) is 3. The Bertz CT molecular complexity index is 709. The number of nitrogens with zero attached hydrogens (tertiary/aromatic N) is 2. The third-order valence-electron chi connectivity index (χ3n) is 4.38. The summed E-state index contributed by atoms with van der Waals surface area (Å²) in [5.74, 6) is 0.0832. The van der Waals surface area contributed by atoms with Gasteiger partial charge in [0.15, 0.2) is 5.84 Å². The van der Waals surface area contributed by atoms with Crippen molar-refractivity contribution in [1.82, 2.24) is 4.90 Å². The van der Waals surface area contributed by atoms with Crippen molar-refractivity contribution in [2.24, 2.45) is 10.9 Å². The minimum Gasteiger partial charge on any atom is -0.389 e. The van der Waals surface area contributed by atoms with E-state index in [1.54, 1.807) is 12.1 Å². The van der Waals surface area contributed by atoms with Gasteiger partial charge in [-0.3, -0.25) is 4.90 Å². The Hall–Kier alpha value is -2.40. The molecule has 4 nitrogen and oxygen atoms in total. The van der Waals surface area contributed by atoms with Crippen LogP contribution in [0.3, 0.4) is 0 Å². The van der Waals surface area contributed by atoms with Crippen molar-refractivity contribution in [2.45, 2.75) is 32.4 Å². The van der Waals surface area contributed by atoms with Gasteiger partial charge in [-0.1, -0.05) is 41.9 Å². The summed E-state index contributed by atoms with van der Waals surface area (Å²) in [6, 6.07) is 14.2. The molecule has 1 heterocycles. The molecule has 0 radical (unpaired) electrons. The highest BCUT2D eigenvalue weighted by Crippen LogP contribution is 2.14. The third-order valence-corrected chi connectivity index (χ3v) is 4.38. The predicted molar refractivity (Wildman–Crippen MR) is 97.5 cm³/mol. The Balaban J connectivity index is 1.58. The molecule has 2 aromatic carbocycles. The van der Waals surface area contributed by atoms with E-state index in [1.165, 1.54) is 37.0 Å². The molecule has 0 aliphatic carbocycles. The predicted octanol–water partition coefficient (Wildman–Crippen LogP) is 3.65. The largest absolute Gasteiger partial charge is 0.389 e. The third kappa shape index (κ3) is 5.29. The van der Waals surface area contributed by atoms with E-state index in [2.05, 4.69) is 22.2 Å². The molecule has 0 atom stereocenters. The van der Waals surface area contributed by atoms with E-state index in [0.29, 0.717) is 5.84 Å². The van der Waals surface area contributed by atoms with Crippen molar-refractivity contribution in [3.8, 4) is 0 Å². The quantitative estimate of drug-likeness (QED) is 0.496. The van der Waals surface area contributed by atoms with Gasteiger partial charge in [0.25, 0.3) is 0 Å². The van der Waals surface area contributed by atoms with Gasteiger partial charge in [-0.05, 0) is 55.3 Å². The Kier molecular flexibility index (Phi) is 6.01. The van der Waals surface area contributed by atoms with Gasteiger partial charge in [0.2, 0.25) is 0 Å². The van der Waals surface area contributed by atoms with Gasteiger partial charge in [-0.25, -0.2) is 4.39 Å². The lowest BCUT2D eigenvalue weighted by Gasteiger charge is -2.26. The molecule has 1 fully saturated rings. The SMILES string of the molecule is N/C(=N/OCc1ccc(F)cc1)c1cccc(CN2CCCCC2)c1. The Labute approximate surface area is 148 Å². The van der Waals surface area contributed by atoms with Crippen molar-refractivity contribution in [3.05, 3.63) is 71.0 Å². The van der Waals surface area contributed by atoms with Crippen LogP contribution in [0.15, 0.2) is 53.7 Å². The fourth-order valence-corrected chi connectivity index (χ4v) is 3.01. The van der Waals surface area contributed by atoms with Gasteiger partial charge in [0, 0.05) is 12.1 Å². The highest BCUT2D eigenvalue weighted by molar-refractivity contribution is 5.97. The van der Waals surface area contributed by atoms with Gasteiger partial charge in [-0.15, -0.1) is 0 Å². The number of benzene rings is 2. The van der Waals surface area contributed by atoms with Gasteiger partial charge in [0.05, 0.1) is 0 Å². The summed E-state index contributed by atoms with van der Waals surface area (Å²) in [5, 5.41) is 3.99. The maximum absolute atomic E-state index is 12.9. The monoisotopic (exact) mass is 341 g/mol. The molecule has 0 saturated carbocycles. The van der Waals surface area contributed by atoms with Crippen LogP contribution in [-0.4, -0.2) is 23.8 Å². The van der Waals surface area contributed by atoms with Gasteiger partial charge >= 0.3 is 0 Å². The summed E-state index contributed by atoms with van der Waals surface area (Å²) in [6.45, 7) is 3.52. The zero-order valence-corrected chi connectivity index (χ0v) is 14.3. The number of rotatable bonds is 6. The molecule has 3 rings (SSSR count). The average molecular weight is 341 g/mol. The second-order valence-electron chi connectivity index (χ2n) is 6.41. The molecule has 1 aliphatic heterocycles. The van der Waals surface area contributed by atoms with Crippen molar-refractivity contribution in [1.29, 1.82) is 0 Å². The minimum atomic E-state index is -0.266. The van der Waals surface area contributed by atoms with E-state index in [9.17, 15) is 4.39 Å². The second-order valence-corrected chi connectivity index (χ2v) is 6.41. The maximum Gasteiger partial charge on any atom is 0.170 e. The van der Waals surface area contributed by atoms with Crippen LogP contribution in [0.5, 0.6) is 0 Å². The number of amidine groups is 1. The highest BCUT2D eigenvalue weighted by Gasteiger charge is 2.11. The summed E-state index contributed by atoms with van der Waals surface area (Å²) >= 11 is 0. The molecule has 2 N–H and O–H groups in total. The van der Waals surface area contributed by atoms with Gasteiger partial charge in [0.1, 0.15) is 12.4 Å². The molecular formula is C20H24FN3O. The van der Waals surface area contributed by atoms with E-state index in [4.69, 9.17) is 10.6 Å². The van der Waals surface area contributed by atoms with E-state index in [-0.39, 0.29) is 12.4 Å². The topological polar surface area (TPSA) is 50.9 Å². The molecule has 2 aromatic rings. The number of piperidine rings is 1. The molecule has 0 aromatic heterocycles. The molecule has 132 valence electrons. The number of oxime groups is 1. The van der Waals surface area contributed by atoms with Crippen molar-refractivity contribution >= 4 is 5.84 Å². The first-order chi connectivity index (χ1) is 12.2. The number of likely N-dealkylation sites (tertiary alicyclic amines) is 1. The van der Waals surface area contributed by atoms with Crippen LogP contribution in [-0.2, 0) is 18.0 Å². The summed E-state index contributed by atoms with van der Waals surface area (Å²) in [7, 11) is 0. The van der Waals surface area contributed by atoms with Gasteiger partial charge in [-0.2, -0.15) is 0 Å². The van der Waals surface area contributed by atoms with E-state index < -0.39 is 0 Å². The van der Waals surface area contributed by atoms with Crippen LogP contribution in [0, 0.1) is 5.82 Å². The van der Waals surface area contributed by atoms with E-state index in [1.807, 2.05) is 12.1 Å². The smallest absolute Gasteiger partial charge is 0.170 e. The lowest BCUT2D eigenvalue weighted by Crippen LogP contribution is -2.29. The van der Waals surface area contributed by atoms with Crippen LogP contribution < -0.4 is 5.73 Å². The second kappa shape index (κ2) is 8.62. The van der Waals surface area contributed by atoms with Crippen molar-refractivity contribution in [3.63, 3.8) is 0 Å². The van der Waals surface area contributed by atoms with Crippen LogP contribution in [0.4, 0.5) is 4.39 Å². The van der Waals surface area contributed by atoms with E-state index in [0.717, 1.165) is 30.8 Å². The summed E-state index contributed by atoms with van der Waals surface area (Å²) in [6.07, 6.45) is 3.89. The molecule has 0 amide bonds. The lowest BCUT2D eigenvalue weighted by molar-refractivity contribution is 0.130. The van der Waals surface area contributed by atoms with Crippen molar-refractivity contribution < 1.29 is 9.23 Å². The zero-order valence-electron chi connectivity index (χ0n) is 14.3. The first-order valence-corrected chi connectivity index (χ1v) is 8.72. The van der Waals surface area contributed by atoms with Crippen LogP contribution in [0.2, 0.25) is 0 Å². The van der Waals surface area contributed by atoms with Crippen molar-refractivity contribution in [2.75, 3.05) is 13.1 Å². The number of hydrogen-bond donors (Lipinski definition) is 1. The Morgan fingerprint density at radius 1 is 1.04 bits per heavy atom. The normalized spacial score (nSPS) is 16.0. The standard InChI is InChI=1S/C20H24FN3O/c21-19-9-7-16(8-10-19)15-25-23-20(22)18-6-4-5-17(13-18)14-24-11-2-1-3-12-24/h4-10,13H,1-3,11-12,14-15H2,(H2,22,23). The Morgan fingerprint density at radius 3 is 2.56 bits per heavy atom.